The lowest BCUT2D eigenvalue weighted by Crippen LogP contribution is -2.56. The first kappa shape index (κ1) is 33.5. The minimum atomic E-state index is -4.15. The number of rotatable bonds is 11. The number of nitrogens with one attached hydrogen (secondary N) is 1. The normalized spacial score (nSPS) is 12.3. The van der Waals surface area contributed by atoms with Gasteiger partial charge in [0.15, 0.2) is 0 Å². The molecule has 4 rings (SSSR count). The van der Waals surface area contributed by atoms with E-state index >= 15 is 0 Å². The lowest BCUT2D eigenvalue weighted by Gasteiger charge is -2.35. The molecule has 0 fully saturated rings. The molecular weight excluding hydrogens is 582 g/mol. The summed E-state index contributed by atoms with van der Waals surface area (Å²) in [6.07, 6.45) is 0.260. The van der Waals surface area contributed by atoms with Crippen molar-refractivity contribution < 1.29 is 18.0 Å². The zero-order chi connectivity index (χ0) is 32.8. The molecule has 0 saturated carbocycles. The minimum absolute atomic E-state index is 0.0842. The first-order valence-electron chi connectivity index (χ1n) is 15.1. The highest BCUT2D eigenvalue weighted by atomic mass is 32.2. The standard InChI is InChI=1S/C37H43N3O4S/c1-27-17-19-33(20-18-27)45(43,44)40(32-22-28(2)21-29(3)23-32)26-35(41)39(25-31-15-11-8-12-16-31)34(36(42)38-37(4,5)6)24-30-13-9-7-10-14-30/h7-23,34H,24-26H2,1-6H3,(H,38,42). The number of carbonyl (C=O) groups excluding carboxylic acids is 2. The average Bonchev–Trinajstić information content (AvgIpc) is 2.97. The largest absolute Gasteiger partial charge is 0.350 e. The van der Waals surface area contributed by atoms with Gasteiger partial charge in [0.2, 0.25) is 11.8 Å². The Morgan fingerprint density at radius 2 is 1.27 bits per heavy atom. The van der Waals surface area contributed by atoms with Crippen molar-refractivity contribution in [2.45, 2.75) is 71.0 Å². The number of hydrogen-bond acceptors (Lipinski definition) is 4. The molecule has 236 valence electrons. The molecule has 0 aliphatic heterocycles. The molecule has 0 bridgehead atoms. The zero-order valence-electron chi connectivity index (χ0n) is 26.9. The van der Waals surface area contributed by atoms with E-state index in [1.54, 1.807) is 36.4 Å². The Bertz CT molecular complexity index is 1700. The molecular formula is C37H43N3O4S. The molecule has 2 amide bonds. The Hall–Kier alpha value is -4.43. The molecule has 0 radical (unpaired) electrons. The van der Waals surface area contributed by atoms with Gasteiger partial charge in [-0.25, -0.2) is 8.42 Å². The molecule has 0 saturated heterocycles. The summed E-state index contributed by atoms with van der Waals surface area (Å²) in [5.74, 6) is -0.798. The van der Waals surface area contributed by atoms with E-state index in [1.165, 1.54) is 9.21 Å². The Balaban J connectivity index is 1.83. The highest BCUT2D eigenvalue weighted by molar-refractivity contribution is 7.92. The van der Waals surface area contributed by atoms with Crippen molar-refractivity contribution in [3.8, 4) is 0 Å². The van der Waals surface area contributed by atoms with Crippen LogP contribution in [0.15, 0.2) is 108 Å². The molecule has 0 aliphatic carbocycles. The summed E-state index contributed by atoms with van der Waals surface area (Å²) in [6.45, 7) is 11.0. The maximum Gasteiger partial charge on any atom is 0.264 e. The van der Waals surface area contributed by atoms with Crippen molar-refractivity contribution in [1.29, 1.82) is 0 Å². The SMILES string of the molecule is Cc1ccc(S(=O)(=O)N(CC(=O)N(Cc2ccccc2)C(Cc2ccccc2)C(=O)NC(C)(C)C)c2cc(C)cc(C)c2)cc1. The fraction of sp³-hybridized carbons (Fsp3) is 0.297. The Morgan fingerprint density at radius 3 is 1.80 bits per heavy atom. The van der Waals surface area contributed by atoms with E-state index in [0.29, 0.717) is 5.69 Å². The molecule has 0 heterocycles. The fourth-order valence-electron chi connectivity index (χ4n) is 5.25. The van der Waals surface area contributed by atoms with Gasteiger partial charge in [0.05, 0.1) is 10.6 Å². The lowest BCUT2D eigenvalue weighted by molar-refractivity contribution is -0.140. The van der Waals surface area contributed by atoms with Crippen LogP contribution in [0.2, 0.25) is 0 Å². The molecule has 45 heavy (non-hydrogen) atoms. The zero-order valence-corrected chi connectivity index (χ0v) is 27.8. The van der Waals surface area contributed by atoms with Crippen LogP contribution < -0.4 is 9.62 Å². The maximum atomic E-state index is 14.6. The number of aryl methyl sites for hydroxylation is 3. The van der Waals surface area contributed by atoms with Gasteiger partial charge in [0, 0.05) is 18.5 Å². The minimum Gasteiger partial charge on any atom is -0.350 e. The maximum absolute atomic E-state index is 14.6. The molecule has 1 unspecified atom stereocenters. The van der Waals surface area contributed by atoms with Crippen LogP contribution in [-0.4, -0.2) is 43.3 Å². The van der Waals surface area contributed by atoms with Crippen molar-refractivity contribution in [3.63, 3.8) is 0 Å². The molecule has 4 aromatic carbocycles. The summed E-state index contributed by atoms with van der Waals surface area (Å²) in [6, 6.07) is 30.2. The third-order valence-electron chi connectivity index (χ3n) is 7.35. The van der Waals surface area contributed by atoms with Gasteiger partial charge < -0.3 is 10.2 Å². The Labute approximate surface area is 268 Å². The van der Waals surface area contributed by atoms with Gasteiger partial charge in [0.25, 0.3) is 10.0 Å². The van der Waals surface area contributed by atoms with Crippen molar-refractivity contribution in [2.75, 3.05) is 10.8 Å². The predicted molar refractivity (Wildman–Crippen MR) is 180 cm³/mol. The van der Waals surface area contributed by atoms with E-state index in [1.807, 2.05) is 108 Å². The van der Waals surface area contributed by atoms with Crippen LogP contribution in [0.25, 0.3) is 0 Å². The summed E-state index contributed by atoms with van der Waals surface area (Å²) in [4.78, 5) is 30.1. The van der Waals surface area contributed by atoms with E-state index in [0.717, 1.165) is 27.8 Å². The summed E-state index contributed by atoms with van der Waals surface area (Å²) >= 11 is 0. The van der Waals surface area contributed by atoms with Crippen molar-refractivity contribution in [3.05, 3.63) is 131 Å². The number of benzene rings is 4. The second-order valence-electron chi connectivity index (χ2n) is 12.6. The third kappa shape index (κ3) is 9.05. The Morgan fingerprint density at radius 1 is 0.733 bits per heavy atom. The summed E-state index contributed by atoms with van der Waals surface area (Å²) in [7, 11) is -4.15. The predicted octanol–water partition coefficient (Wildman–Crippen LogP) is 6.36. The molecule has 0 spiro atoms. The fourth-order valence-corrected chi connectivity index (χ4v) is 6.65. The van der Waals surface area contributed by atoms with Crippen LogP contribution in [-0.2, 0) is 32.6 Å². The van der Waals surface area contributed by atoms with Crippen LogP contribution in [0.4, 0.5) is 5.69 Å². The quantitative estimate of drug-likeness (QED) is 0.210. The van der Waals surface area contributed by atoms with Gasteiger partial charge in [-0.2, -0.15) is 0 Å². The number of carbonyl (C=O) groups is 2. The van der Waals surface area contributed by atoms with E-state index in [-0.39, 0.29) is 23.8 Å². The van der Waals surface area contributed by atoms with E-state index in [9.17, 15) is 18.0 Å². The first-order valence-corrected chi connectivity index (χ1v) is 16.5. The van der Waals surface area contributed by atoms with Crippen molar-refractivity contribution >= 4 is 27.5 Å². The number of nitrogens with zero attached hydrogens (tertiary/aromatic N) is 2. The number of amides is 2. The van der Waals surface area contributed by atoms with Gasteiger partial charge in [-0.3, -0.25) is 13.9 Å². The van der Waals surface area contributed by atoms with Gasteiger partial charge in [-0.15, -0.1) is 0 Å². The summed E-state index contributed by atoms with van der Waals surface area (Å²) in [5.41, 5.74) is 4.21. The van der Waals surface area contributed by atoms with Gasteiger partial charge in [-0.05, 0) is 88.1 Å². The Kier molecular flexibility index (Phi) is 10.5. The first-order chi connectivity index (χ1) is 21.2. The molecule has 4 aromatic rings. The molecule has 8 heteroatoms. The van der Waals surface area contributed by atoms with Crippen molar-refractivity contribution in [2.24, 2.45) is 0 Å². The van der Waals surface area contributed by atoms with E-state index in [4.69, 9.17) is 0 Å². The molecule has 0 aliphatic rings. The third-order valence-corrected chi connectivity index (χ3v) is 9.14. The van der Waals surface area contributed by atoms with Crippen LogP contribution in [0, 0.1) is 20.8 Å². The van der Waals surface area contributed by atoms with E-state index < -0.39 is 34.1 Å². The van der Waals surface area contributed by atoms with Gasteiger partial charge in [0.1, 0.15) is 12.6 Å². The summed E-state index contributed by atoms with van der Waals surface area (Å²) in [5, 5.41) is 3.06. The summed E-state index contributed by atoms with van der Waals surface area (Å²) < 4.78 is 29.6. The highest BCUT2D eigenvalue weighted by Gasteiger charge is 2.35. The van der Waals surface area contributed by atoms with Gasteiger partial charge >= 0.3 is 0 Å². The van der Waals surface area contributed by atoms with E-state index in [2.05, 4.69) is 5.32 Å². The number of anilines is 1. The van der Waals surface area contributed by atoms with Crippen LogP contribution >= 0.6 is 0 Å². The second kappa shape index (κ2) is 14.1. The number of sulfonamides is 1. The van der Waals surface area contributed by atoms with Crippen LogP contribution in [0.3, 0.4) is 0 Å². The lowest BCUT2D eigenvalue weighted by atomic mass is 10.0. The van der Waals surface area contributed by atoms with Crippen LogP contribution in [0.5, 0.6) is 0 Å². The second-order valence-corrected chi connectivity index (χ2v) is 14.5. The smallest absolute Gasteiger partial charge is 0.264 e. The molecule has 1 atom stereocenters. The number of hydrogen-bond donors (Lipinski definition) is 1. The average molecular weight is 626 g/mol. The van der Waals surface area contributed by atoms with Crippen LogP contribution in [0.1, 0.15) is 48.6 Å². The molecule has 7 nitrogen and oxygen atoms in total. The molecule has 1 N–H and O–H groups in total. The highest BCUT2D eigenvalue weighted by Crippen LogP contribution is 2.27. The monoisotopic (exact) mass is 625 g/mol. The van der Waals surface area contributed by atoms with Gasteiger partial charge in [-0.1, -0.05) is 84.4 Å². The van der Waals surface area contributed by atoms with Crippen molar-refractivity contribution in [1.82, 2.24) is 10.2 Å². The molecule has 0 aromatic heterocycles. The topological polar surface area (TPSA) is 86.8 Å².